The predicted octanol–water partition coefficient (Wildman–Crippen LogP) is 5.42. The van der Waals surface area contributed by atoms with E-state index in [0.29, 0.717) is 17.8 Å². The number of rotatable bonds is 9. The van der Waals surface area contributed by atoms with Crippen LogP contribution in [0.1, 0.15) is 47.4 Å². The molecule has 1 aliphatic rings. The average molecular weight is 602 g/mol. The second-order valence-corrected chi connectivity index (χ2v) is 10.1. The van der Waals surface area contributed by atoms with Crippen LogP contribution < -0.4 is 10.1 Å². The van der Waals surface area contributed by atoms with Gasteiger partial charge in [0.1, 0.15) is 23.0 Å². The molecule has 1 fully saturated rings. The Kier molecular flexibility index (Phi) is 10.4. The molecule has 10 nitrogen and oxygen atoms in total. The molecule has 1 aliphatic heterocycles. The number of halogens is 3. The molecule has 2 aromatic carbocycles. The zero-order chi connectivity index (χ0) is 31.0. The normalized spacial score (nSPS) is 13.8. The van der Waals surface area contributed by atoms with Gasteiger partial charge in [0, 0.05) is 23.9 Å². The van der Waals surface area contributed by atoms with E-state index < -0.39 is 12.1 Å². The van der Waals surface area contributed by atoms with E-state index in [-0.39, 0.29) is 5.97 Å². The number of nitrogens with one attached hydrogen (secondary N) is 2. The Labute approximate surface area is 246 Å². The van der Waals surface area contributed by atoms with Crippen LogP contribution in [0.3, 0.4) is 0 Å². The minimum absolute atomic E-state index is 0.364. The third-order valence-corrected chi connectivity index (χ3v) is 7.05. The van der Waals surface area contributed by atoms with Crippen LogP contribution in [-0.2, 0) is 16.0 Å². The van der Waals surface area contributed by atoms with Crippen molar-refractivity contribution < 1.29 is 37.3 Å². The van der Waals surface area contributed by atoms with Crippen LogP contribution in [0.2, 0.25) is 0 Å². The number of likely N-dealkylation sites (tertiary alicyclic amines) is 1. The van der Waals surface area contributed by atoms with E-state index in [1.807, 2.05) is 30.3 Å². The van der Waals surface area contributed by atoms with Crippen molar-refractivity contribution in [2.45, 2.75) is 38.3 Å². The van der Waals surface area contributed by atoms with E-state index in [0.717, 1.165) is 58.6 Å². The Morgan fingerprint density at radius 3 is 2.49 bits per heavy atom. The molecule has 13 heteroatoms. The molecule has 0 bridgehead atoms. The third-order valence-electron chi connectivity index (χ3n) is 7.05. The number of ether oxygens (including phenoxy) is 2. The number of aromatic amines is 1. The minimum Gasteiger partial charge on any atom is -0.497 e. The van der Waals surface area contributed by atoms with Gasteiger partial charge in [0.05, 0.1) is 25.2 Å². The van der Waals surface area contributed by atoms with Gasteiger partial charge in [-0.15, -0.1) is 0 Å². The molecule has 1 saturated heterocycles. The van der Waals surface area contributed by atoms with Crippen LogP contribution in [0.25, 0.3) is 21.9 Å². The molecule has 43 heavy (non-hydrogen) atoms. The van der Waals surface area contributed by atoms with E-state index in [4.69, 9.17) is 29.3 Å². The molecular weight excluding hydrogens is 567 g/mol. The SMILES string of the molecule is COC(=O)c1ccc2c(c1)[nH]c1nc(Cc3cccc(OC)c3)nc(NCCCN3CCCCC3)c12.O=C(O)C(F)(F)F. The summed E-state index contributed by atoms with van der Waals surface area (Å²) in [5.41, 5.74) is 3.15. The monoisotopic (exact) mass is 601 g/mol. The summed E-state index contributed by atoms with van der Waals surface area (Å²) in [6.45, 7) is 4.32. The molecule has 0 aliphatic carbocycles. The highest BCUT2D eigenvalue weighted by Gasteiger charge is 2.38. The van der Waals surface area contributed by atoms with Crippen LogP contribution >= 0.6 is 0 Å². The van der Waals surface area contributed by atoms with Gasteiger partial charge >= 0.3 is 18.1 Å². The van der Waals surface area contributed by atoms with Gasteiger partial charge in [0.2, 0.25) is 0 Å². The number of aromatic nitrogens is 3. The number of aliphatic carboxylic acids is 1. The molecular formula is C30H34F3N5O5. The van der Waals surface area contributed by atoms with Crippen molar-refractivity contribution in [3.8, 4) is 5.75 Å². The maximum Gasteiger partial charge on any atom is 0.490 e. The van der Waals surface area contributed by atoms with E-state index in [1.165, 1.54) is 39.5 Å². The van der Waals surface area contributed by atoms with Gasteiger partial charge in [-0.25, -0.2) is 19.6 Å². The quantitative estimate of drug-likeness (QED) is 0.170. The number of esters is 1. The molecule has 0 saturated carbocycles. The van der Waals surface area contributed by atoms with Gasteiger partial charge in [0.25, 0.3) is 0 Å². The molecule has 3 N–H and O–H groups in total. The number of hydrogen-bond acceptors (Lipinski definition) is 8. The second-order valence-electron chi connectivity index (χ2n) is 10.1. The fourth-order valence-corrected chi connectivity index (χ4v) is 4.96. The number of carbonyl (C=O) groups is 2. The maximum atomic E-state index is 12.1. The van der Waals surface area contributed by atoms with Crippen LogP contribution in [0.4, 0.5) is 19.0 Å². The van der Waals surface area contributed by atoms with Gasteiger partial charge in [0.15, 0.2) is 0 Å². The van der Waals surface area contributed by atoms with Gasteiger partial charge in [-0.05, 0) is 68.7 Å². The van der Waals surface area contributed by atoms with E-state index in [2.05, 4.69) is 21.3 Å². The number of methoxy groups -OCH3 is 2. The Morgan fingerprint density at radius 2 is 1.81 bits per heavy atom. The summed E-state index contributed by atoms with van der Waals surface area (Å²) in [7, 11) is 3.06. The lowest BCUT2D eigenvalue weighted by molar-refractivity contribution is -0.192. The van der Waals surface area contributed by atoms with Crippen molar-refractivity contribution in [1.82, 2.24) is 19.9 Å². The highest BCUT2D eigenvalue weighted by Crippen LogP contribution is 2.31. The summed E-state index contributed by atoms with van der Waals surface area (Å²) in [6, 6.07) is 13.5. The molecule has 4 aromatic rings. The molecule has 0 spiro atoms. The number of hydrogen-bond donors (Lipinski definition) is 3. The highest BCUT2D eigenvalue weighted by molar-refractivity contribution is 6.12. The minimum atomic E-state index is -5.08. The molecule has 2 aromatic heterocycles. The molecule has 0 atom stereocenters. The number of carboxylic acids is 1. The van der Waals surface area contributed by atoms with Crippen LogP contribution in [0, 0.1) is 0 Å². The molecule has 230 valence electrons. The largest absolute Gasteiger partial charge is 0.497 e. The standard InChI is InChI=1S/C28H33N5O3.C2HF3O2/c1-35-21-9-6-8-19(16-21)17-24-31-26(29-12-7-15-33-13-4-3-5-14-33)25-22-11-10-20(28(34)36-2)18-23(22)30-27(25)32-24;3-2(4,5)1(6)7/h6,8-11,16,18H,3-5,7,12-15,17H2,1-2H3,(H2,29,30,31,32);(H,6,7). The number of nitrogens with zero attached hydrogens (tertiary/aromatic N) is 3. The zero-order valence-electron chi connectivity index (χ0n) is 24.0. The number of H-pyrrole nitrogens is 1. The summed E-state index contributed by atoms with van der Waals surface area (Å²) >= 11 is 0. The lowest BCUT2D eigenvalue weighted by Crippen LogP contribution is -2.31. The Hall–Kier alpha value is -4.39. The summed E-state index contributed by atoms with van der Waals surface area (Å²) in [5, 5.41) is 12.6. The predicted molar refractivity (Wildman–Crippen MR) is 156 cm³/mol. The van der Waals surface area contributed by atoms with E-state index in [1.54, 1.807) is 13.2 Å². The Morgan fingerprint density at radius 1 is 1.07 bits per heavy atom. The van der Waals surface area contributed by atoms with Crippen LogP contribution in [0.5, 0.6) is 5.75 Å². The average Bonchev–Trinajstić information content (AvgIpc) is 3.37. The number of benzene rings is 2. The maximum absolute atomic E-state index is 12.1. The van der Waals surface area contributed by atoms with E-state index >= 15 is 0 Å². The van der Waals surface area contributed by atoms with Crippen LogP contribution in [-0.4, -0.2) is 83.5 Å². The van der Waals surface area contributed by atoms with Crippen molar-refractivity contribution >= 4 is 39.7 Å². The third kappa shape index (κ3) is 8.34. The summed E-state index contributed by atoms with van der Waals surface area (Å²) in [5.74, 6) is -0.780. The van der Waals surface area contributed by atoms with Crippen molar-refractivity contribution in [2.75, 3.05) is 45.7 Å². The van der Waals surface area contributed by atoms with Crippen molar-refractivity contribution in [1.29, 1.82) is 0 Å². The van der Waals surface area contributed by atoms with Gasteiger partial charge in [-0.2, -0.15) is 13.2 Å². The van der Waals surface area contributed by atoms with Gasteiger partial charge in [-0.3, -0.25) is 0 Å². The van der Waals surface area contributed by atoms with Gasteiger partial charge < -0.3 is 29.8 Å². The zero-order valence-corrected chi connectivity index (χ0v) is 24.0. The molecule has 0 unspecified atom stereocenters. The van der Waals surface area contributed by atoms with Crippen molar-refractivity contribution in [3.05, 3.63) is 59.4 Å². The topological polar surface area (TPSA) is 130 Å². The first-order valence-corrected chi connectivity index (χ1v) is 13.9. The fraction of sp³-hybridized carbons (Fsp3) is 0.400. The lowest BCUT2D eigenvalue weighted by Gasteiger charge is -2.26. The highest BCUT2D eigenvalue weighted by atomic mass is 19.4. The first-order chi connectivity index (χ1) is 20.6. The summed E-state index contributed by atoms with van der Waals surface area (Å²) < 4.78 is 42.0. The molecule has 0 amide bonds. The van der Waals surface area contributed by atoms with Crippen molar-refractivity contribution in [2.24, 2.45) is 0 Å². The number of carbonyl (C=O) groups excluding carboxylic acids is 1. The number of piperidine rings is 1. The lowest BCUT2D eigenvalue weighted by atomic mass is 10.1. The Balaban J connectivity index is 0.000000541. The smallest absolute Gasteiger partial charge is 0.490 e. The first kappa shape index (κ1) is 31.5. The number of anilines is 1. The van der Waals surface area contributed by atoms with Gasteiger partial charge in [-0.1, -0.05) is 24.6 Å². The summed E-state index contributed by atoms with van der Waals surface area (Å²) in [6.07, 6.45) is 0.499. The van der Waals surface area contributed by atoms with Crippen LogP contribution in [0.15, 0.2) is 42.5 Å². The Bertz CT molecular complexity index is 1570. The second kappa shape index (κ2) is 14.2. The summed E-state index contributed by atoms with van der Waals surface area (Å²) in [4.78, 5) is 36.7. The molecule has 0 radical (unpaired) electrons. The number of carboxylic acid groups (broad SMARTS) is 1. The van der Waals surface area contributed by atoms with E-state index in [9.17, 15) is 18.0 Å². The molecule has 3 heterocycles. The number of fused-ring (bicyclic) bond motifs is 3. The number of alkyl halides is 3. The molecule has 5 rings (SSSR count). The first-order valence-electron chi connectivity index (χ1n) is 13.9. The fourth-order valence-electron chi connectivity index (χ4n) is 4.96. The van der Waals surface area contributed by atoms with Crippen molar-refractivity contribution in [3.63, 3.8) is 0 Å².